The van der Waals surface area contributed by atoms with Crippen molar-refractivity contribution in [3.05, 3.63) is 23.1 Å². The summed E-state index contributed by atoms with van der Waals surface area (Å²) in [5.41, 5.74) is 0. The normalized spacial score (nSPS) is 14.7. The van der Waals surface area contributed by atoms with Crippen molar-refractivity contribution in [2.24, 2.45) is 0 Å². The van der Waals surface area contributed by atoms with Gasteiger partial charge in [-0.25, -0.2) is 9.97 Å². The highest BCUT2D eigenvalue weighted by Gasteiger charge is 2.00. The standard InChI is InChI=1S/C8H6N2O/c11-7-2-1-6-4-9-5-10-8(6)3-7/h1,3-5H,2H2. The van der Waals surface area contributed by atoms with E-state index in [-0.39, 0.29) is 5.78 Å². The first-order chi connectivity index (χ1) is 5.36. The Bertz CT molecular complexity index is 408. The molecule has 0 aromatic carbocycles. The summed E-state index contributed by atoms with van der Waals surface area (Å²) in [4.78, 5) is 18.7. The Morgan fingerprint density at radius 1 is 1.45 bits per heavy atom. The Balaban J connectivity index is 2.83. The number of aromatic nitrogens is 2. The monoisotopic (exact) mass is 146 g/mol. The molecule has 2 rings (SSSR count). The molecule has 0 atom stereocenters. The minimum atomic E-state index is 0.108. The summed E-state index contributed by atoms with van der Waals surface area (Å²) in [6, 6.07) is 0. The molecular weight excluding hydrogens is 140 g/mol. The zero-order valence-corrected chi connectivity index (χ0v) is 5.82. The van der Waals surface area contributed by atoms with Crippen LogP contribution in [-0.2, 0) is 4.79 Å². The van der Waals surface area contributed by atoms with Gasteiger partial charge in [0, 0.05) is 23.9 Å². The number of fused-ring (bicyclic) bond motifs is 1. The third-order valence-corrected chi connectivity index (χ3v) is 1.59. The molecule has 0 aliphatic heterocycles. The van der Waals surface area contributed by atoms with Crippen LogP contribution in [0.2, 0.25) is 0 Å². The van der Waals surface area contributed by atoms with Gasteiger partial charge in [-0.05, 0) is 0 Å². The van der Waals surface area contributed by atoms with Gasteiger partial charge < -0.3 is 0 Å². The Labute approximate surface area is 63.1 Å². The fourth-order valence-corrected chi connectivity index (χ4v) is 1.05. The molecular formula is C8H6N2O. The van der Waals surface area contributed by atoms with E-state index in [4.69, 9.17) is 0 Å². The van der Waals surface area contributed by atoms with E-state index in [1.165, 1.54) is 6.33 Å². The van der Waals surface area contributed by atoms with Gasteiger partial charge in [0.15, 0.2) is 5.78 Å². The van der Waals surface area contributed by atoms with Gasteiger partial charge in [-0.1, -0.05) is 6.08 Å². The molecule has 0 saturated carbocycles. The SMILES string of the molecule is O=C1C=c2ncncc2=CC1. The van der Waals surface area contributed by atoms with Gasteiger partial charge in [-0.2, -0.15) is 0 Å². The molecule has 0 spiro atoms. The first-order valence-electron chi connectivity index (χ1n) is 3.37. The first-order valence-corrected chi connectivity index (χ1v) is 3.37. The Hall–Kier alpha value is -1.51. The van der Waals surface area contributed by atoms with Crippen molar-refractivity contribution in [2.45, 2.75) is 6.42 Å². The Kier molecular flexibility index (Phi) is 1.28. The second-order valence-corrected chi connectivity index (χ2v) is 2.38. The lowest BCUT2D eigenvalue weighted by molar-refractivity contribution is -0.112. The second-order valence-electron chi connectivity index (χ2n) is 2.38. The van der Waals surface area contributed by atoms with Crippen LogP contribution in [0, 0.1) is 0 Å². The molecule has 0 N–H and O–H groups in total. The van der Waals surface area contributed by atoms with E-state index in [1.807, 2.05) is 6.08 Å². The summed E-state index contributed by atoms with van der Waals surface area (Å²) in [7, 11) is 0. The molecule has 1 aromatic heterocycles. The molecule has 0 unspecified atom stereocenters. The summed E-state index contributed by atoms with van der Waals surface area (Å²) in [6.07, 6.45) is 7.03. The van der Waals surface area contributed by atoms with Crippen molar-refractivity contribution in [3.8, 4) is 0 Å². The maximum absolute atomic E-state index is 10.9. The largest absolute Gasteiger partial charge is 0.294 e. The average molecular weight is 146 g/mol. The predicted octanol–water partition coefficient (Wildman–Crippen LogP) is -0.990. The van der Waals surface area contributed by atoms with Gasteiger partial charge in [0.05, 0.1) is 5.35 Å². The highest BCUT2D eigenvalue weighted by Crippen LogP contribution is 1.87. The number of hydrogen-bond donors (Lipinski definition) is 0. The zero-order chi connectivity index (χ0) is 7.68. The molecule has 1 heterocycles. The van der Waals surface area contributed by atoms with E-state index >= 15 is 0 Å². The third kappa shape index (κ3) is 1.05. The quantitative estimate of drug-likeness (QED) is 0.472. The highest BCUT2D eigenvalue weighted by molar-refractivity contribution is 6.08. The maximum atomic E-state index is 10.9. The molecule has 0 amide bonds. The van der Waals surface area contributed by atoms with Gasteiger partial charge in [-0.3, -0.25) is 4.79 Å². The van der Waals surface area contributed by atoms with Gasteiger partial charge in [-0.15, -0.1) is 0 Å². The van der Waals surface area contributed by atoms with Gasteiger partial charge in [0.1, 0.15) is 6.33 Å². The molecule has 0 fully saturated rings. The van der Waals surface area contributed by atoms with E-state index in [0.29, 0.717) is 6.42 Å². The number of carbonyl (C=O) groups excluding carboxylic acids is 1. The molecule has 0 radical (unpaired) electrons. The molecule has 54 valence electrons. The molecule has 3 nitrogen and oxygen atoms in total. The van der Waals surface area contributed by atoms with Crippen molar-refractivity contribution in [1.29, 1.82) is 0 Å². The number of hydrogen-bond acceptors (Lipinski definition) is 3. The smallest absolute Gasteiger partial charge is 0.161 e. The average Bonchev–Trinajstić information content (AvgIpc) is 2.04. The van der Waals surface area contributed by atoms with Crippen LogP contribution < -0.4 is 10.6 Å². The van der Waals surface area contributed by atoms with Crippen LogP contribution in [0.3, 0.4) is 0 Å². The topological polar surface area (TPSA) is 42.9 Å². The third-order valence-electron chi connectivity index (χ3n) is 1.59. The van der Waals surface area contributed by atoms with Gasteiger partial charge in [0.2, 0.25) is 0 Å². The van der Waals surface area contributed by atoms with Crippen LogP contribution in [-0.4, -0.2) is 15.8 Å². The number of rotatable bonds is 0. The predicted molar refractivity (Wildman–Crippen MR) is 39.8 cm³/mol. The number of Topliss-reactive ketones (excluding diaryl/α,β-unsaturated/α-hetero) is 1. The van der Waals surface area contributed by atoms with E-state index in [9.17, 15) is 4.79 Å². The molecule has 1 aromatic rings. The molecule has 0 bridgehead atoms. The fraction of sp³-hybridized carbons (Fsp3) is 0.125. The first kappa shape index (κ1) is 6.22. The van der Waals surface area contributed by atoms with Crippen LogP contribution in [0.4, 0.5) is 0 Å². The van der Waals surface area contributed by atoms with Crippen LogP contribution in [0.25, 0.3) is 12.2 Å². The second kappa shape index (κ2) is 2.27. The minimum Gasteiger partial charge on any atom is -0.294 e. The van der Waals surface area contributed by atoms with Crippen LogP contribution in [0.15, 0.2) is 12.5 Å². The fourth-order valence-electron chi connectivity index (χ4n) is 1.05. The van der Waals surface area contributed by atoms with Gasteiger partial charge in [0.25, 0.3) is 0 Å². The lowest BCUT2D eigenvalue weighted by Gasteiger charge is -1.95. The summed E-state index contributed by atoms with van der Waals surface area (Å²) >= 11 is 0. The van der Waals surface area contributed by atoms with Gasteiger partial charge >= 0.3 is 0 Å². The molecule has 1 aliphatic carbocycles. The van der Waals surface area contributed by atoms with Crippen LogP contribution in [0.1, 0.15) is 6.42 Å². The van der Waals surface area contributed by atoms with Crippen molar-refractivity contribution < 1.29 is 4.79 Å². The summed E-state index contributed by atoms with van der Waals surface area (Å²) in [6.45, 7) is 0. The molecule has 3 heteroatoms. The maximum Gasteiger partial charge on any atom is 0.161 e. The highest BCUT2D eigenvalue weighted by atomic mass is 16.1. The number of nitrogens with zero attached hydrogens (tertiary/aromatic N) is 2. The summed E-state index contributed by atoms with van der Waals surface area (Å²) in [5, 5.41) is 1.68. The summed E-state index contributed by atoms with van der Waals surface area (Å²) < 4.78 is 0. The number of carbonyl (C=O) groups is 1. The Morgan fingerprint density at radius 3 is 3.27 bits per heavy atom. The minimum absolute atomic E-state index is 0.108. The van der Waals surface area contributed by atoms with Crippen molar-refractivity contribution in [2.75, 3.05) is 0 Å². The van der Waals surface area contributed by atoms with E-state index in [2.05, 4.69) is 9.97 Å². The van der Waals surface area contributed by atoms with Crippen LogP contribution in [0.5, 0.6) is 0 Å². The zero-order valence-electron chi connectivity index (χ0n) is 5.82. The lowest BCUT2D eigenvalue weighted by Crippen LogP contribution is -2.32. The lowest BCUT2D eigenvalue weighted by atomic mass is 10.1. The number of ketones is 1. The van der Waals surface area contributed by atoms with E-state index < -0.39 is 0 Å². The van der Waals surface area contributed by atoms with E-state index in [0.717, 1.165) is 10.6 Å². The molecule has 0 saturated heterocycles. The molecule has 1 aliphatic rings. The van der Waals surface area contributed by atoms with Crippen molar-refractivity contribution in [1.82, 2.24) is 9.97 Å². The summed E-state index contributed by atoms with van der Waals surface area (Å²) in [5.74, 6) is 0.108. The van der Waals surface area contributed by atoms with Crippen LogP contribution >= 0.6 is 0 Å². The van der Waals surface area contributed by atoms with E-state index in [1.54, 1.807) is 12.3 Å². The Morgan fingerprint density at radius 2 is 2.36 bits per heavy atom. The van der Waals surface area contributed by atoms with Crippen molar-refractivity contribution >= 4 is 17.9 Å². The van der Waals surface area contributed by atoms with Crippen molar-refractivity contribution in [3.63, 3.8) is 0 Å². The molecule has 11 heavy (non-hydrogen) atoms.